The molecule has 1 N–H and O–H groups in total. The van der Waals surface area contributed by atoms with Crippen LogP contribution in [-0.4, -0.2) is 5.11 Å². The second kappa shape index (κ2) is 5.92. The number of aliphatic hydroxyl groups excluding tert-OH is 1. The molecule has 0 amide bonds. The maximum Gasteiger partial charge on any atom is 0.130 e. The standard InChI is InChI=1S/C14H10Br2ClFO/c1-7-8(3-2-4-10(7)15)14(19)9-5-12(17)11(16)6-13(9)18/h2-6,14,19H,1H3. The van der Waals surface area contributed by atoms with Crippen molar-refractivity contribution in [1.29, 1.82) is 0 Å². The van der Waals surface area contributed by atoms with Crippen molar-refractivity contribution in [1.82, 2.24) is 0 Å². The molecule has 0 saturated carbocycles. The van der Waals surface area contributed by atoms with Crippen molar-refractivity contribution in [2.75, 3.05) is 0 Å². The van der Waals surface area contributed by atoms with Gasteiger partial charge in [0.2, 0.25) is 0 Å². The topological polar surface area (TPSA) is 20.2 Å². The Morgan fingerprint density at radius 3 is 2.53 bits per heavy atom. The molecule has 0 spiro atoms. The largest absolute Gasteiger partial charge is 0.384 e. The second-order valence-corrected chi connectivity index (χ2v) is 6.26. The van der Waals surface area contributed by atoms with Gasteiger partial charge in [-0.15, -0.1) is 0 Å². The maximum atomic E-state index is 13.9. The number of benzene rings is 2. The van der Waals surface area contributed by atoms with Crippen LogP contribution in [0, 0.1) is 12.7 Å². The van der Waals surface area contributed by atoms with E-state index in [4.69, 9.17) is 11.6 Å². The molecule has 2 rings (SSSR count). The van der Waals surface area contributed by atoms with Gasteiger partial charge in [-0.05, 0) is 52.2 Å². The van der Waals surface area contributed by atoms with Gasteiger partial charge in [-0.2, -0.15) is 0 Å². The SMILES string of the molecule is Cc1c(Br)cccc1C(O)c1cc(Cl)c(Br)cc1F. The van der Waals surface area contributed by atoms with Gasteiger partial charge in [-0.1, -0.05) is 39.7 Å². The van der Waals surface area contributed by atoms with Crippen molar-refractivity contribution < 1.29 is 9.50 Å². The molecule has 0 aliphatic carbocycles. The lowest BCUT2D eigenvalue weighted by Crippen LogP contribution is -2.05. The summed E-state index contributed by atoms with van der Waals surface area (Å²) in [7, 11) is 0. The van der Waals surface area contributed by atoms with E-state index in [-0.39, 0.29) is 5.56 Å². The average molecular weight is 408 g/mol. The Balaban J connectivity index is 2.53. The lowest BCUT2D eigenvalue weighted by molar-refractivity contribution is 0.214. The monoisotopic (exact) mass is 406 g/mol. The van der Waals surface area contributed by atoms with Crippen LogP contribution in [0.5, 0.6) is 0 Å². The summed E-state index contributed by atoms with van der Waals surface area (Å²) in [4.78, 5) is 0. The maximum absolute atomic E-state index is 13.9. The molecule has 0 radical (unpaired) electrons. The van der Waals surface area contributed by atoms with Crippen LogP contribution in [0.1, 0.15) is 22.8 Å². The van der Waals surface area contributed by atoms with E-state index in [0.29, 0.717) is 15.1 Å². The molecule has 1 unspecified atom stereocenters. The lowest BCUT2D eigenvalue weighted by Gasteiger charge is -2.16. The Bertz CT molecular complexity index is 631. The molecule has 5 heteroatoms. The highest BCUT2D eigenvalue weighted by Crippen LogP contribution is 2.34. The number of rotatable bonds is 2. The Kier molecular flexibility index (Phi) is 4.66. The van der Waals surface area contributed by atoms with Crippen LogP contribution in [0.15, 0.2) is 39.3 Å². The van der Waals surface area contributed by atoms with E-state index in [1.54, 1.807) is 12.1 Å². The first-order chi connectivity index (χ1) is 8.91. The third-order valence-electron chi connectivity index (χ3n) is 2.94. The van der Waals surface area contributed by atoms with E-state index < -0.39 is 11.9 Å². The average Bonchev–Trinajstić information content (AvgIpc) is 2.36. The number of aliphatic hydroxyl groups is 1. The molecule has 0 aromatic heterocycles. The number of hydrogen-bond acceptors (Lipinski definition) is 1. The molecule has 19 heavy (non-hydrogen) atoms. The minimum absolute atomic E-state index is 0.161. The summed E-state index contributed by atoms with van der Waals surface area (Å²) < 4.78 is 15.3. The highest BCUT2D eigenvalue weighted by atomic mass is 79.9. The molecule has 2 aromatic rings. The Hall–Kier alpha value is -0.420. The first-order valence-electron chi connectivity index (χ1n) is 5.49. The third kappa shape index (κ3) is 3.02. The van der Waals surface area contributed by atoms with Gasteiger partial charge in [0.15, 0.2) is 0 Å². The van der Waals surface area contributed by atoms with E-state index in [1.807, 2.05) is 13.0 Å². The van der Waals surface area contributed by atoms with Crippen molar-refractivity contribution in [2.45, 2.75) is 13.0 Å². The van der Waals surface area contributed by atoms with Gasteiger partial charge < -0.3 is 5.11 Å². The van der Waals surface area contributed by atoms with E-state index in [0.717, 1.165) is 10.0 Å². The van der Waals surface area contributed by atoms with Crippen LogP contribution in [0.3, 0.4) is 0 Å². The van der Waals surface area contributed by atoms with E-state index in [2.05, 4.69) is 31.9 Å². The summed E-state index contributed by atoms with van der Waals surface area (Å²) in [6.45, 7) is 1.86. The molecule has 0 saturated heterocycles. The predicted molar refractivity (Wildman–Crippen MR) is 82.1 cm³/mol. The van der Waals surface area contributed by atoms with E-state index >= 15 is 0 Å². The number of halogens is 4. The normalized spacial score (nSPS) is 12.5. The zero-order chi connectivity index (χ0) is 14.2. The smallest absolute Gasteiger partial charge is 0.130 e. The van der Waals surface area contributed by atoms with Crippen molar-refractivity contribution in [3.63, 3.8) is 0 Å². The summed E-state index contributed by atoms with van der Waals surface area (Å²) >= 11 is 12.5. The Labute approximate surface area is 132 Å². The van der Waals surface area contributed by atoms with Gasteiger partial charge in [-0.3, -0.25) is 0 Å². The molecular formula is C14H10Br2ClFO. The first kappa shape index (κ1) is 15.0. The molecule has 0 aliphatic rings. The molecule has 2 aromatic carbocycles. The van der Waals surface area contributed by atoms with Crippen LogP contribution < -0.4 is 0 Å². The highest BCUT2D eigenvalue weighted by molar-refractivity contribution is 9.10. The van der Waals surface area contributed by atoms with E-state index in [9.17, 15) is 9.50 Å². The van der Waals surface area contributed by atoms with Crippen LogP contribution >= 0.6 is 43.5 Å². The summed E-state index contributed by atoms with van der Waals surface area (Å²) in [6, 6.07) is 8.13. The van der Waals surface area contributed by atoms with Crippen molar-refractivity contribution >= 4 is 43.5 Å². The van der Waals surface area contributed by atoms with Gasteiger partial charge >= 0.3 is 0 Å². The molecule has 0 aliphatic heterocycles. The lowest BCUT2D eigenvalue weighted by atomic mass is 9.97. The zero-order valence-corrected chi connectivity index (χ0v) is 13.9. The summed E-state index contributed by atoms with van der Waals surface area (Å²) in [5.74, 6) is -0.497. The fraction of sp³-hybridized carbons (Fsp3) is 0.143. The second-order valence-electron chi connectivity index (χ2n) is 4.14. The molecule has 0 bridgehead atoms. The van der Waals surface area contributed by atoms with Gasteiger partial charge in [0.05, 0.1) is 5.02 Å². The first-order valence-corrected chi connectivity index (χ1v) is 7.45. The Morgan fingerprint density at radius 1 is 1.16 bits per heavy atom. The number of hydrogen-bond donors (Lipinski definition) is 1. The minimum Gasteiger partial charge on any atom is -0.384 e. The molecule has 0 heterocycles. The quantitative estimate of drug-likeness (QED) is 0.660. The van der Waals surface area contributed by atoms with Crippen LogP contribution in [0.2, 0.25) is 5.02 Å². The van der Waals surface area contributed by atoms with Gasteiger partial charge in [0.1, 0.15) is 11.9 Å². The van der Waals surface area contributed by atoms with Crippen molar-refractivity contribution in [2.24, 2.45) is 0 Å². The van der Waals surface area contributed by atoms with Crippen LogP contribution in [-0.2, 0) is 0 Å². The predicted octanol–water partition coefficient (Wildman–Crippen LogP) is 5.39. The van der Waals surface area contributed by atoms with Crippen molar-refractivity contribution in [3.05, 3.63) is 66.8 Å². The summed E-state index contributed by atoms with van der Waals surface area (Å²) in [6.07, 6.45) is -1.05. The van der Waals surface area contributed by atoms with Gasteiger partial charge in [0, 0.05) is 14.5 Å². The summed E-state index contributed by atoms with van der Waals surface area (Å²) in [5.41, 5.74) is 1.68. The molecule has 1 atom stereocenters. The summed E-state index contributed by atoms with van der Waals surface area (Å²) in [5, 5.41) is 10.7. The third-order valence-corrected chi connectivity index (χ3v) is 4.99. The fourth-order valence-electron chi connectivity index (χ4n) is 1.84. The minimum atomic E-state index is -1.05. The van der Waals surface area contributed by atoms with Crippen LogP contribution in [0.25, 0.3) is 0 Å². The molecular weight excluding hydrogens is 398 g/mol. The Morgan fingerprint density at radius 2 is 1.84 bits per heavy atom. The zero-order valence-electron chi connectivity index (χ0n) is 9.92. The molecule has 1 nitrogen and oxygen atoms in total. The highest BCUT2D eigenvalue weighted by Gasteiger charge is 2.19. The van der Waals surface area contributed by atoms with Crippen LogP contribution in [0.4, 0.5) is 4.39 Å². The molecule has 100 valence electrons. The van der Waals surface area contributed by atoms with Gasteiger partial charge in [0.25, 0.3) is 0 Å². The fourth-order valence-corrected chi connectivity index (χ4v) is 2.70. The van der Waals surface area contributed by atoms with E-state index in [1.165, 1.54) is 12.1 Å². The van der Waals surface area contributed by atoms with Gasteiger partial charge in [-0.25, -0.2) is 4.39 Å². The van der Waals surface area contributed by atoms with Crippen molar-refractivity contribution in [3.8, 4) is 0 Å². The molecule has 0 fully saturated rings.